The Kier molecular flexibility index (Phi) is 2.34. The first kappa shape index (κ1) is 9.60. The number of carboxylic acids is 1. The van der Waals surface area contributed by atoms with Gasteiger partial charge in [0.15, 0.2) is 6.39 Å². The molecule has 0 aliphatic carbocycles. The van der Waals surface area contributed by atoms with Gasteiger partial charge in [0.2, 0.25) is 5.71 Å². The molecule has 2 heterocycles. The van der Waals surface area contributed by atoms with Crippen LogP contribution in [0.15, 0.2) is 23.1 Å². The standard InChI is InChI=1S/C9H9N3O3/c10-6(2-8(13)14)5-1-7-9(11-3-5)15-4-12-7/h1,3-4,6H,2,10H2,(H,13,14). The van der Waals surface area contributed by atoms with Crippen LogP contribution in [0.25, 0.3) is 11.2 Å². The van der Waals surface area contributed by atoms with Crippen molar-refractivity contribution in [2.45, 2.75) is 12.5 Å². The molecule has 0 radical (unpaired) electrons. The van der Waals surface area contributed by atoms with Gasteiger partial charge in [-0.25, -0.2) is 9.97 Å². The summed E-state index contributed by atoms with van der Waals surface area (Å²) in [5, 5.41) is 8.58. The predicted molar refractivity (Wildman–Crippen MR) is 51.0 cm³/mol. The fourth-order valence-electron chi connectivity index (χ4n) is 1.28. The number of oxazole rings is 1. The number of carboxylic acid groups (broad SMARTS) is 1. The summed E-state index contributed by atoms with van der Waals surface area (Å²) in [6.45, 7) is 0. The highest BCUT2D eigenvalue weighted by Crippen LogP contribution is 2.17. The lowest BCUT2D eigenvalue weighted by Crippen LogP contribution is -2.15. The summed E-state index contributed by atoms with van der Waals surface area (Å²) in [7, 11) is 0. The number of nitrogens with two attached hydrogens (primary N) is 1. The van der Waals surface area contributed by atoms with E-state index in [0.29, 0.717) is 16.8 Å². The van der Waals surface area contributed by atoms with Gasteiger partial charge in [-0.2, -0.15) is 0 Å². The van der Waals surface area contributed by atoms with Gasteiger partial charge in [-0.1, -0.05) is 0 Å². The molecule has 0 spiro atoms. The molecule has 1 unspecified atom stereocenters. The summed E-state index contributed by atoms with van der Waals surface area (Å²) in [4.78, 5) is 18.3. The van der Waals surface area contributed by atoms with Gasteiger partial charge in [0.05, 0.1) is 6.42 Å². The number of rotatable bonds is 3. The van der Waals surface area contributed by atoms with Crippen LogP contribution in [0.3, 0.4) is 0 Å². The highest BCUT2D eigenvalue weighted by Gasteiger charge is 2.12. The first-order valence-electron chi connectivity index (χ1n) is 4.33. The molecule has 0 fully saturated rings. The van der Waals surface area contributed by atoms with Crippen molar-refractivity contribution in [3.63, 3.8) is 0 Å². The largest absolute Gasteiger partial charge is 0.481 e. The Hall–Kier alpha value is -1.95. The fraction of sp³-hybridized carbons (Fsp3) is 0.222. The second-order valence-electron chi connectivity index (χ2n) is 3.15. The number of hydrogen-bond acceptors (Lipinski definition) is 5. The third-order valence-corrected chi connectivity index (χ3v) is 2.03. The van der Waals surface area contributed by atoms with E-state index in [1.807, 2.05) is 0 Å². The van der Waals surface area contributed by atoms with Crippen LogP contribution in [-0.2, 0) is 4.79 Å². The summed E-state index contributed by atoms with van der Waals surface area (Å²) in [6.07, 6.45) is 2.65. The molecule has 0 aromatic carbocycles. The first-order chi connectivity index (χ1) is 7.16. The van der Waals surface area contributed by atoms with E-state index in [4.69, 9.17) is 15.3 Å². The minimum absolute atomic E-state index is 0.134. The van der Waals surface area contributed by atoms with E-state index in [9.17, 15) is 4.79 Å². The molecule has 0 aliphatic rings. The van der Waals surface area contributed by atoms with Crippen LogP contribution in [0.2, 0.25) is 0 Å². The van der Waals surface area contributed by atoms with Gasteiger partial charge >= 0.3 is 5.97 Å². The lowest BCUT2D eigenvalue weighted by Gasteiger charge is -2.07. The normalized spacial score (nSPS) is 12.9. The third kappa shape index (κ3) is 1.94. The Morgan fingerprint density at radius 2 is 2.40 bits per heavy atom. The van der Waals surface area contributed by atoms with E-state index in [1.165, 1.54) is 12.6 Å². The molecular weight excluding hydrogens is 198 g/mol. The highest BCUT2D eigenvalue weighted by molar-refractivity contribution is 5.70. The minimum atomic E-state index is -0.942. The Morgan fingerprint density at radius 3 is 3.13 bits per heavy atom. The summed E-state index contributed by atoms with van der Waals surface area (Å²) in [5.41, 5.74) is 7.31. The summed E-state index contributed by atoms with van der Waals surface area (Å²) < 4.78 is 4.95. The lowest BCUT2D eigenvalue weighted by atomic mass is 10.1. The number of aromatic nitrogens is 2. The molecule has 0 aliphatic heterocycles. The summed E-state index contributed by atoms with van der Waals surface area (Å²) in [5.74, 6) is -0.942. The van der Waals surface area contributed by atoms with Crippen LogP contribution < -0.4 is 5.73 Å². The van der Waals surface area contributed by atoms with Crippen LogP contribution in [0.1, 0.15) is 18.0 Å². The van der Waals surface area contributed by atoms with Crippen molar-refractivity contribution in [3.8, 4) is 0 Å². The summed E-state index contributed by atoms with van der Waals surface area (Å²) >= 11 is 0. The van der Waals surface area contributed by atoms with Crippen molar-refractivity contribution in [3.05, 3.63) is 24.2 Å². The fourth-order valence-corrected chi connectivity index (χ4v) is 1.28. The number of nitrogens with zero attached hydrogens (tertiary/aromatic N) is 2. The molecule has 6 nitrogen and oxygen atoms in total. The Bertz CT molecular complexity index is 494. The smallest absolute Gasteiger partial charge is 0.305 e. The summed E-state index contributed by atoms with van der Waals surface area (Å²) in [6, 6.07) is 1.11. The van der Waals surface area contributed by atoms with Gasteiger partial charge in [-0.15, -0.1) is 0 Å². The molecule has 1 atom stereocenters. The number of aliphatic carboxylic acids is 1. The zero-order valence-electron chi connectivity index (χ0n) is 7.75. The van der Waals surface area contributed by atoms with Gasteiger partial charge in [-0.3, -0.25) is 4.79 Å². The van der Waals surface area contributed by atoms with Crippen molar-refractivity contribution in [1.29, 1.82) is 0 Å². The van der Waals surface area contributed by atoms with Gasteiger partial charge < -0.3 is 15.3 Å². The highest BCUT2D eigenvalue weighted by atomic mass is 16.4. The molecule has 2 rings (SSSR count). The zero-order chi connectivity index (χ0) is 10.8. The Labute approximate surface area is 84.7 Å². The van der Waals surface area contributed by atoms with Gasteiger partial charge in [0.1, 0.15) is 5.52 Å². The number of hydrogen-bond donors (Lipinski definition) is 2. The van der Waals surface area contributed by atoms with Gasteiger partial charge in [-0.05, 0) is 11.6 Å². The number of fused-ring (bicyclic) bond motifs is 1. The van der Waals surface area contributed by atoms with E-state index >= 15 is 0 Å². The topological polar surface area (TPSA) is 102 Å². The predicted octanol–water partition coefficient (Wildman–Crippen LogP) is 0.697. The second-order valence-corrected chi connectivity index (χ2v) is 3.15. The quantitative estimate of drug-likeness (QED) is 0.767. The molecule has 6 heteroatoms. The molecule has 0 saturated heterocycles. The molecule has 0 saturated carbocycles. The van der Waals surface area contributed by atoms with Gasteiger partial charge in [0, 0.05) is 12.2 Å². The van der Waals surface area contributed by atoms with Crippen LogP contribution in [-0.4, -0.2) is 21.0 Å². The molecule has 78 valence electrons. The SMILES string of the molecule is NC(CC(=O)O)c1cnc2ocnc2c1. The maximum atomic E-state index is 10.5. The molecule has 2 aromatic heterocycles. The lowest BCUT2D eigenvalue weighted by molar-refractivity contribution is -0.137. The van der Waals surface area contributed by atoms with Crippen molar-refractivity contribution >= 4 is 17.2 Å². The molecule has 0 amide bonds. The van der Waals surface area contributed by atoms with Crippen LogP contribution in [0.5, 0.6) is 0 Å². The molecule has 3 N–H and O–H groups in total. The average Bonchev–Trinajstić information content (AvgIpc) is 2.62. The first-order valence-corrected chi connectivity index (χ1v) is 4.33. The van der Waals surface area contributed by atoms with Crippen molar-refractivity contribution in [2.75, 3.05) is 0 Å². The van der Waals surface area contributed by atoms with Crippen LogP contribution in [0.4, 0.5) is 0 Å². The molecular formula is C9H9N3O3. The van der Waals surface area contributed by atoms with E-state index < -0.39 is 12.0 Å². The second kappa shape index (κ2) is 3.66. The molecule has 15 heavy (non-hydrogen) atoms. The van der Waals surface area contributed by atoms with E-state index in [0.717, 1.165) is 0 Å². The Morgan fingerprint density at radius 1 is 1.60 bits per heavy atom. The molecule has 2 aromatic rings. The molecule has 0 bridgehead atoms. The van der Waals surface area contributed by atoms with E-state index in [2.05, 4.69) is 9.97 Å². The maximum Gasteiger partial charge on any atom is 0.305 e. The van der Waals surface area contributed by atoms with Crippen molar-refractivity contribution < 1.29 is 14.3 Å². The zero-order valence-corrected chi connectivity index (χ0v) is 7.75. The van der Waals surface area contributed by atoms with Crippen LogP contribution >= 0.6 is 0 Å². The van der Waals surface area contributed by atoms with Gasteiger partial charge in [0.25, 0.3) is 0 Å². The average molecular weight is 207 g/mol. The van der Waals surface area contributed by atoms with E-state index in [-0.39, 0.29) is 6.42 Å². The maximum absolute atomic E-state index is 10.5. The minimum Gasteiger partial charge on any atom is -0.481 e. The monoisotopic (exact) mass is 207 g/mol. The van der Waals surface area contributed by atoms with Crippen molar-refractivity contribution in [1.82, 2.24) is 9.97 Å². The Balaban J connectivity index is 2.30. The van der Waals surface area contributed by atoms with Crippen molar-refractivity contribution in [2.24, 2.45) is 5.73 Å². The van der Waals surface area contributed by atoms with Crippen LogP contribution in [0, 0.1) is 0 Å². The third-order valence-electron chi connectivity index (χ3n) is 2.03. The number of carbonyl (C=O) groups is 1. The van der Waals surface area contributed by atoms with E-state index in [1.54, 1.807) is 6.07 Å². The number of pyridine rings is 1.